The normalized spacial score (nSPS) is 41.4. The summed E-state index contributed by atoms with van der Waals surface area (Å²) in [4.78, 5) is 11.2. The Labute approximate surface area is 98.1 Å². The van der Waals surface area contributed by atoms with Gasteiger partial charge in [0.1, 0.15) is 6.10 Å². The Kier molecular flexibility index (Phi) is 2.28. The van der Waals surface area contributed by atoms with Crippen LogP contribution in [0.3, 0.4) is 0 Å². The molecule has 0 radical (unpaired) electrons. The first-order valence-corrected chi connectivity index (χ1v) is 6.10. The van der Waals surface area contributed by atoms with Crippen molar-refractivity contribution in [2.45, 2.75) is 53.1 Å². The molecule has 2 nitrogen and oxygen atoms in total. The van der Waals surface area contributed by atoms with Gasteiger partial charge in [0, 0.05) is 11.5 Å². The van der Waals surface area contributed by atoms with E-state index in [-0.39, 0.29) is 17.5 Å². The number of esters is 1. The summed E-state index contributed by atoms with van der Waals surface area (Å²) >= 11 is 0. The minimum Gasteiger partial charge on any atom is -0.459 e. The van der Waals surface area contributed by atoms with Crippen LogP contribution in [0.2, 0.25) is 0 Å². The highest BCUT2D eigenvalue weighted by atomic mass is 16.5. The predicted molar refractivity (Wildman–Crippen MR) is 63.9 cm³/mol. The van der Waals surface area contributed by atoms with E-state index in [9.17, 15) is 4.79 Å². The first-order valence-electron chi connectivity index (χ1n) is 6.10. The topological polar surface area (TPSA) is 26.3 Å². The van der Waals surface area contributed by atoms with Crippen LogP contribution in [0.4, 0.5) is 0 Å². The molecular formula is C14H22O2. The van der Waals surface area contributed by atoms with Crippen LogP contribution in [0.5, 0.6) is 0 Å². The van der Waals surface area contributed by atoms with Gasteiger partial charge in [0.05, 0.1) is 0 Å². The molecule has 0 aromatic heterocycles. The SMILES string of the molecule is C=CC(=O)OC1CC2(C(C)(C)C)CCC12C. The molecule has 3 atom stereocenters. The lowest BCUT2D eigenvalue weighted by molar-refractivity contribution is -0.300. The molecule has 0 spiro atoms. The van der Waals surface area contributed by atoms with E-state index in [0.717, 1.165) is 6.42 Å². The van der Waals surface area contributed by atoms with Crippen molar-refractivity contribution in [1.29, 1.82) is 0 Å². The van der Waals surface area contributed by atoms with Crippen molar-refractivity contribution in [2.75, 3.05) is 0 Å². The van der Waals surface area contributed by atoms with Crippen molar-refractivity contribution in [2.24, 2.45) is 16.2 Å². The molecule has 2 heteroatoms. The Morgan fingerprint density at radius 3 is 2.38 bits per heavy atom. The molecule has 0 aromatic rings. The fourth-order valence-electron chi connectivity index (χ4n) is 3.93. The van der Waals surface area contributed by atoms with Crippen LogP contribution in [-0.2, 0) is 9.53 Å². The zero-order chi connectivity index (χ0) is 12.2. The third-order valence-corrected chi connectivity index (χ3v) is 5.27. The predicted octanol–water partition coefficient (Wildman–Crippen LogP) is 3.32. The lowest BCUT2D eigenvalue weighted by Crippen LogP contribution is -2.72. The van der Waals surface area contributed by atoms with Crippen molar-refractivity contribution in [1.82, 2.24) is 0 Å². The van der Waals surface area contributed by atoms with Crippen LogP contribution in [0.1, 0.15) is 47.0 Å². The standard InChI is InChI=1S/C14H22O2/c1-6-11(15)16-10-9-14(12(2,3)4)8-7-13(10,14)5/h6,10H,1,7-9H2,2-5H3. The smallest absolute Gasteiger partial charge is 0.330 e. The van der Waals surface area contributed by atoms with E-state index in [1.165, 1.54) is 18.9 Å². The Bertz CT molecular complexity index is 339. The summed E-state index contributed by atoms with van der Waals surface area (Å²) in [7, 11) is 0. The van der Waals surface area contributed by atoms with Gasteiger partial charge in [-0.3, -0.25) is 0 Å². The van der Waals surface area contributed by atoms with Crippen molar-refractivity contribution in [3.63, 3.8) is 0 Å². The summed E-state index contributed by atoms with van der Waals surface area (Å²) < 4.78 is 5.44. The molecule has 2 aliphatic rings. The molecule has 2 rings (SSSR count). The molecule has 0 aromatic carbocycles. The van der Waals surface area contributed by atoms with Gasteiger partial charge in [-0.05, 0) is 30.1 Å². The molecule has 0 amide bonds. The highest BCUT2D eigenvalue weighted by Crippen LogP contribution is 2.76. The molecule has 0 bridgehead atoms. The first kappa shape index (κ1) is 11.7. The molecular weight excluding hydrogens is 200 g/mol. The number of hydrogen-bond donors (Lipinski definition) is 0. The average molecular weight is 222 g/mol. The number of carbonyl (C=O) groups is 1. The summed E-state index contributed by atoms with van der Waals surface area (Å²) in [5.41, 5.74) is 0.882. The Morgan fingerprint density at radius 2 is 2.06 bits per heavy atom. The fraction of sp³-hybridized carbons (Fsp3) is 0.786. The van der Waals surface area contributed by atoms with Gasteiger partial charge in [0.15, 0.2) is 0 Å². The number of fused-ring (bicyclic) bond motifs is 1. The molecule has 0 aliphatic heterocycles. The van der Waals surface area contributed by atoms with Gasteiger partial charge in [0.25, 0.3) is 0 Å². The number of carbonyl (C=O) groups excluding carboxylic acids is 1. The van der Waals surface area contributed by atoms with Crippen LogP contribution in [0.25, 0.3) is 0 Å². The second kappa shape index (κ2) is 3.12. The van der Waals surface area contributed by atoms with Gasteiger partial charge in [-0.25, -0.2) is 4.79 Å². The fourth-order valence-corrected chi connectivity index (χ4v) is 3.93. The number of hydrogen-bond acceptors (Lipinski definition) is 2. The van der Waals surface area contributed by atoms with E-state index in [2.05, 4.69) is 34.3 Å². The second-order valence-corrected chi connectivity index (χ2v) is 6.58. The molecule has 0 saturated heterocycles. The molecule has 2 fully saturated rings. The molecule has 2 aliphatic carbocycles. The quantitative estimate of drug-likeness (QED) is 0.529. The van der Waals surface area contributed by atoms with E-state index < -0.39 is 0 Å². The minimum absolute atomic E-state index is 0.103. The largest absolute Gasteiger partial charge is 0.459 e. The summed E-state index contributed by atoms with van der Waals surface area (Å²) in [6, 6.07) is 0. The van der Waals surface area contributed by atoms with Gasteiger partial charge >= 0.3 is 5.97 Å². The highest BCUT2D eigenvalue weighted by Gasteiger charge is 2.73. The van der Waals surface area contributed by atoms with Gasteiger partial charge in [-0.2, -0.15) is 0 Å². The van der Waals surface area contributed by atoms with Crippen LogP contribution < -0.4 is 0 Å². The molecule has 0 heterocycles. The zero-order valence-corrected chi connectivity index (χ0v) is 10.8. The van der Waals surface area contributed by atoms with Gasteiger partial charge in [-0.15, -0.1) is 0 Å². The van der Waals surface area contributed by atoms with Gasteiger partial charge < -0.3 is 4.74 Å². The van der Waals surface area contributed by atoms with Crippen molar-refractivity contribution in [3.8, 4) is 0 Å². The maximum atomic E-state index is 11.2. The van der Waals surface area contributed by atoms with Crippen molar-refractivity contribution < 1.29 is 9.53 Å². The van der Waals surface area contributed by atoms with Crippen molar-refractivity contribution >= 4 is 5.97 Å². The van der Waals surface area contributed by atoms with E-state index in [0.29, 0.717) is 10.8 Å². The summed E-state index contributed by atoms with van der Waals surface area (Å²) in [5, 5.41) is 0. The summed E-state index contributed by atoms with van der Waals surface area (Å²) in [5.74, 6) is -0.277. The third kappa shape index (κ3) is 1.16. The number of rotatable bonds is 2. The Morgan fingerprint density at radius 1 is 1.44 bits per heavy atom. The van der Waals surface area contributed by atoms with Gasteiger partial charge in [0.2, 0.25) is 0 Å². The van der Waals surface area contributed by atoms with E-state index in [1.807, 2.05) is 0 Å². The average Bonchev–Trinajstić information content (AvgIpc) is 2.19. The summed E-state index contributed by atoms with van der Waals surface area (Å²) in [6.45, 7) is 12.6. The maximum Gasteiger partial charge on any atom is 0.330 e. The zero-order valence-electron chi connectivity index (χ0n) is 10.8. The molecule has 0 N–H and O–H groups in total. The lowest BCUT2D eigenvalue weighted by atomic mass is 9.31. The maximum absolute atomic E-state index is 11.2. The first-order chi connectivity index (χ1) is 7.27. The van der Waals surface area contributed by atoms with Crippen LogP contribution in [-0.4, -0.2) is 12.1 Å². The Balaban J connectivity index is 2.11. The molecule has 2 saturated carbocycles. The summed E-state index contributed by atoms with van der Waals surface area (Å²) in [6.07, 6.45) is 4.84. The van der Waals surface area contributed by atoms with Gasteiger partial charge in [-0.1, -0.05) is 34.3 Å². The molecule has 3 unspecified atom stereocenters. The molecule has 16 heavy (non-hydrogen) atoms. The third-order valence-electron chi connectivity index (χ3n) is 5.27. The van der Waals surface area contributed by atoms with E-state index in [1.54, 1.807) is 0 Å². The van der Waals surface area contributed by atoms with Crippen LogP contribution >= 0.6 is 0 Å². The second-order valence-electron chi connectivity index (χ2n) is 6.58. The van der Waals surface area contributed by atoms with Crippen LogP contribution in [0, 0.1) is 16.2 Å². The minimum atomic E-state index is -0.277. The van der Waals surface area contributed by atoms with E-state index >= 15 is 0 Å². The lowest BCUT2D eigenvalue weighted by Gasteiger charge is -2.75. The highest BCUT2D eigenvalue weighted by molar-refractivity contribution is 5.81. The monoisotopic (exact) mass is 222 g/mol. The van der Waals surface area contributed by atoms with Crippen LogP contribution in [0.15, 0.2) is 12.7 Å². The van der Waals surface area contributed by atoms with E-state index in [4.69, 9.17) is 4.74 Å². The number of ether oxygens (including phenoxy) is 1. The Hall–Kier alpha value is -0.790. The van der Waals surface area contributed by atoms with Crippen molar-refractivity contribution in [3.05, 3.63) is 12.7 Å². The molecule has 90 valence electrons.